The lowest BCUT2D eigenvalue weighted by Gasteiger charge is -2.73. The highest BCUT2D eigenvalue weighted by Crippen LogP contribution is 2.77. The molecule has 1 heteroatoms. The molecule has 9 atom stereocenters. The molecule has 1 saturated heterocycles. The van der Waals surface area contributed by atoms with Crippen molar-refractivity contribution in [3.05, 3.63) is 0 Å². The molecule has 0 N–H and O–H groups in total. The average molecular weight is 427 g/mol. The molecule has 1 heterocycles. The minimum absolute atomic E-state index is 0.373. The van der Waals surface area contributed by atoms with Gasteiger partial charge in [-0.2, -0.15) is 0 Å². The highest BCUT2D eigenvalue weighted by molar-refractivity contribution is 5.20. The van der Waals surface area contributed by atoms with Gasteiger partial charge in [0.05, 0.1) is 12.7 Å². The van der Waals surface area contributed by atoms with Crippen LogP contribution in [0.15, 0.2) is 0 Å². The van der Waals surface area contributed by atoms with Crippen molar-refractivity contribution < 1.29 is 4.74 Å². The summed E-state index contributed by atoms with van der Waals surface area (Å²) < 4.78 is 6.73. The van der Waals surface area contributed by atoms with Gasteiger partial charge in [0.25, 0.3) is 0 Å². The van der Waals surface area contributed by atoms with Gasteiger partial charge in [-0.05, 0) is 120 Å². The largest absolute Gasteiger partial charge is 0.377 e. The third-order valence-corrected chi connectivity index (χ3v) is 13.9. The van der Waals surface area contributed by atoms with Gasteiger partial charge in [0.1, 0.15) is 0 Å². The second kappa shape index (κ2) is 6.14. The second-order valence-corrected chi connectivity index (χ2v) is 15.6. The van der Waals surface area contributed by atoms with Crippen molar-refractivity contribution in [1.82, 2.24) is 0 Å². The van der Waals surface area contributed by atoms with Crippen molar-refractivity contribution in [3.63, 3.8) is 0 Å². The molecule has 1 nitrogen and oxygen atoms in total. The van der Waals surface area contributed by atoms with E-state index in [0.717, 1.165) is 30.3 Å². The summed E-state index contributed by atoms with van der Waals surface area (Å²) in [5, 5.41) is 0. The van der Waals surface area contributed by atoms with E-state index in [2.05, 4.69) is 48.5 Å². The van der Waals surface area contributed by atoms with Crippen LogP contribution in [0.4, 0.5) is 0 Å². The molecule has 0 spiro atoms. The molecule has 31 heavy (non-hydrogen) atoms. The van der Waals surface area contributed by atoms with Gasteiger partial charge in [-0.3, -0.25) is 0 Å². The standard InChI is InChI=1S/C30H50O/c1-25(2)12-8-13-27(5)21(25)11-14-29(7)22(27)10-9-20-23-24-26(3,4)15-17-30(23,19-31-24)18-16-28(20,29)6/h20-24H,8-19H2,1-7H3/t20-,21+,22-,23+,24-,27+,28-,29-,30-/m1/s1. The van der Waals surface area contributed by atoms with Crippen LogP contribution in [-0.2, 0) is 4.74 Å². The van der Waals surface area contributed by atoms with E-state index in [1.807, 2.05) is 0 Å². The van der Waals surface area contributed by atoms with Crippen molar-refractivity contribution in [2.45, 2.75) is 125 Å². The summed E-state index contributed by atoms with van der Waals surface area (Å²) in [6.45, 7) is 19.7. The number of hydrogen-bond acceptors (Lipinski definition) is 1. The molecule has 1 aliphatic heterocycles. The number of hydrogen-bond donors (Lipinski definition) is 0. The Labute approximate surface area is 192 Å². The van der Waals surface area contributed by atoms with Gasteiger partial charge in [0, 0.05) is 0 Å². The first-order valence-corrected chi connectivity index (χ1v) is 14.0. The van der Waals surface area contributed by atoms with Crippen LogP contribution in [0.3, 0.4) is 0 Å². The fourth-order valence-corrected chi connectivity index (χ4v) is 12.1. The molecule has 176 valence electrons. The zero-order valence-electron chi connectivity index (χ0n) is 21.8. The molecule has 6 aliphatic rings. The summed E-state index contributed by atoms with van der Waals surface area (Å²) >= 11 is 0. The normalized spacial score (nSPS) is 59.1. The van der Waals surface area contributed by atoms with Gasteiger partial charge in [-0.25, -0.2) is 0 Å². The molecular formula is C30H50O. The van der Waals surface area contributed by atoms with Crippen LogP contribution in [-0.4, -0.2) is 12.7 Å². The first-order valence-electron chi connectivity index (χ1n) is 14.0. The Morgan fingerprint density at radius 2 is 1.35 bits per heavy atom. The fraction of sp³-hybridized carbons (Fsp3) is 1.00. The van der Waals surface area contributed by atoms with Crippen LogP contribution in [0, 0.1) is 56.2 Å². The Bertz CT molecular complexity index is 766. The third-order valence-electron chi connectivity index (χ3n) is 13.9. The average Bonchev–Trinajstić information content (AvgIpc) is 3.01. The zero-order valence-corrected chi connectivity index (χ0v) is 21.8. The second-order valence-electron chi connectivity index (χ2n) is 15.6. The Hall–Kier alpha value is -0.0400. The van der Waals surface area contributed by atoms with Gasteiger partial charge in [0.15, 0.2) is 0 Å². The van der Waals surface area contributed by atoms with Crippen molar-refractivity contribution in [3.8, 4) is 0 Å². The van der Waals surface area contributed by atoms with Crippen LogP contribution in [0.5, 0.6) is 0 Å². The summed E-state index contributed by atoms with van der Waals surface area (Å²) in [5.41, 5.74) is 3.05. The molecule has 0 unspecified atom stereocenters. The minimum atomic E-state index is 0.373. The lowest BCUT2D eigenvalue weighted by Crippen LogP contribution is -2.66. The van der Waals surface area contributed by atoms with Crippen LogP contribution >= 0.6 is 0 Å². The molecule has 6 rings (SSSR count). The Kier molecular flexibility index (Phi) is 4.26. The molecule has 5 saturated carbocycles. The van der Waals surface area contributed by atoms with Gasteiger partial charge < -0.3 is 4.74 Å². The smallest absolute Gasteiger partial charge is 0.0663 e. The van der Waals surface area contributed by atoms with Gasteiger partial charge in [-0.15, -0.1) is 0 Å². The molecule has 0 aromatic rings. The maximum absolute atomic E-state index is 6.73. The monoisotopic (exact) mass is 426 g/mol. The zero-order chi connectivity index (χ0) is 22.1. The Morgan fingerprint density at radius 3 is 2.13 bits per heavy atom. The van der Waals surface area contributed by atoms with E-state index in [1.165, 1.54) is 70.6 Å². The van der Waals surface area contributed by atoms with Crippen molar-refractivity contribution in [1.29, 1.82) is 0 Å². The number of ether oxygens (including phenoxy) is 1. The molecule has 0 radical (unpaired) electrons. The molecule has 0 aromatic carbocycles. The Balaban J connectivity index is 1.40. The minimum Gasteiger partial charge on any atom is -0.377 e. The van der Waals surface area contributed by atoms with Crippen LogP contribution < -0.4 is 0 Å². The predicted octanol–water partition coefficient (Wildman–Crippen LogP) is 8.27. The first kappa shape index (κ1) is 21.5. The van der Waals surface area contributed by atoms with Crippen molar-refractivity contribution in [2.75, 3.05) is 6.61 Å². The molecular weight excluding hydrogens is 376 g/mol. The van der Waals surface area contributed by atoms with Crippen molar-refractivity contribution >= 4 is 0 Å². The van der Waals surface area contributed by atoms with E-state index in [0.29, 0.717) is 38.6 Å². The van der Waals surface area contributed by atoms with Gasteiger partial charge >= 0.3 is 0 Å². The van der Waals surface area contributed by atoms with Crippen LogP contribution in [0.25, 0.3) is 0 Å². The highest BCUT2D eigenvalue weighted by Gasteiger charge is 2.72. The topological polar surface area (TPSA) is 9.23 Å². The maximum Gasteiger partial charge on any atom is 0.0663 e. The van der Waals surface area contributed by atoms with E-state index in [9.17, 15) is 0 Å². The van der Waals surface area contributed by atoms with E-state index in [1.54, 1.807) is 0 Å². The SMILES string of the molecule is CC1(C)CC[C@]23CC[C@]4(C)[C@H](CC[C@@H]5[C@@]6(C)CCCC(C)(C)[C@@H]6CC[C@]54C)[C@H]2[C@H]1OC3. The maximum atomic E-state index is 6.73. The lowest BCUT2D eigenvalue weighted by molar-refractivity contribution is -0.242. The van der Waals surface area contributed by atoms with Crippen molar-refractivity contribution in [2.24, 2.45) is 56.2 Å². The summed E-state index contributed by atoms with van der Waals surface area (Å²) in [5.74, 6) is 3.60. The fourth-order valence-electron chi connectivity index (χ4n) is 12.1. The Morgan fingerprint density at radius 1 is 0.613 bits per heavy atom. The molecule has 2 bridgehead atoms. The summed E-state index contributed by atoms with van der Waals surface area (Å²) in [7, 11) is 0. The summed E-state index contributed by atoms with van der Waals surface area (Å²) in [6, 6.07) is 0. The highest BCUT2D eigenvalue weighted by atomic mass is 16.5. The number of fused-ring (bicyclic) bond motifs is 5. The summed E-state index contributed by atoms with van der Waals surface area (Å²) in [4.78, 5) is 0. The summed E-state index contributed by atoms with van der Waals surface area (Å²) in [6.07, 6.45) is 16.6. The predicted molar refractivity (Wildman–Crippen MR) is 129 cm³/mol. The van der Waals surface area contributed by atoms with E-state index in [4.69, 9.17) is 4.74 Å². The van der Waals surface area contributed by atoms with E-state index >= 15 is 0 Å². The lowest BCUT2D eigenvalue weighted by atomic mass is 9.31. The van der Waals surface area contributed by atoms with Crippen LogP contribution in [0.1, 0.15) is 119 Å². The van der Waals surface area contributed by atoms with E-state index in [-0.39, 0.29) is 0 Å². The number of rotatable bonds is 0. The van der Waals surface area contributed by atoms with Gasteiger partial charge in [-0.1, -0.05) is 54.9 Å². The molecule has 0 aromatic heterocycles. The third kappa shape index (κ3) is 2.44. The van der Waals surface area contributed by atoms with Gasteiger partial charge in [0.2, 0.25) is 0 Å². The first-order chi connectivity index (χ1) is 14.4. The molecule has 5 aliphatic carbocycles. The molecule has 6 fully saturated rings. The quantitative estimate of drug-likeness (QED) is 0.379. The van der Waals surface area contributed by atoms with E-state index < -0.39 is 0 Å². The van der Waals surface area contributed by atoms with Crippen LogP contribution in [0.2, 0.25) is 0 Å². The molecule has 0 amide bonds.